The number of benzene rings is 2. The van der Waals surface area contributed by atoms with E-state index in [0.29, 0.717) is 28.5 Å². The fourth-order valence-corrected chi connectivity index (χ4v) is 4.42. The van der Waals surface area contributed by atoms with E-state index in [-0.39, 0.29) is 18.9 Å². The van der Waals surface area contributed by atoms with Crippen LogP contribution in [0, 0.1) is 13.8 Å². The summed E-state index contributed by atoms with van der Waals surface area (Å²) in [5, 5.41) is 0. The van der Waals surface area contributed by atoms with Crippen LogP contribution in [0.4, 0.5) is 5.69 Å². The van der Waals surface area contributed by atoms with Gasteiger partial charge >= 0.3 is 5.97 Å². The number of anilines is 1. The van der Waals surface area contributed by atoms with Crippen molar-refractivity contribution < 1.29 is 28.5 Å². The molecule has 7 heteroatoms. The molecule has 1 amide bonds. The molecular weight excluding hydrogens is 398 g/mol. The molecule has 0 aromatic heterocycles. The van der Waals surface area contributed by atoms with E-state index >= 15 is 0 Å². The molecule has 0 radical (unpaired) electrons. The first-order chi connectivity index (χ1) is 14.9. The highest BCUT2D eigenvalue weighted by molar-refractivity contribution is 6.06. The molecule has 2 heterocycles. The highest BCUT2D eigenvalue weighted by Crippen LogP contribution is 2.46. The summed E-state index contributed by atoms with van der Waals surface area (Å²) in [6, 6.07) is 9.49. The fraction of sp³-hybridized carbons (Fsp3) is 0.333. The van der Waals surface area contributed by atoms with Crippen LogP contribution in [0.25, 0.3) is 0 Å². The zero-order valence-electron chi connectivity index (χ0n) is 18.3. The van der Waals surface area contributed by atoms with Gasteiger partial charge in [0.1, 0.15) is 6.61 Å². The van der Waals surface area contributed by atoms with Gasteiger partial charge in [-0.2, -0.15) is 0 Å². The SMILES string of the molecule is COc1cc([C@H]2CC(=O)N(c3cc(C)cc(C)c3)C3=C2C(=O)OC3)cc(OC)c1OC. The van der Waals surface area contributed by atoms with Gasteiger partial charge in [0.15, 0.2) is 11.5 Å². The van der Waals surface area contributed by atoms with Crippen molar-refractivity contribution in [2.75, 3.05) is 32.8 Å². The molecule has 2 aromatic carbocycles. The Kier molecular flexibility index (Phi) is 5.35. The minimum absolute atomic E-state index is 0.0633. The molecule has 2 aromatic rings. The first-order valence-corrected chi connectivity index (χ1v) is 9.99. The molecule has 2 aliphatic rings. The maximum atomic E-state index is 13.3. The van der Waals surface area contributed by atoms with Gasteiger partial charge in [-0.15, -0.1) is 0 Å². The van der Waals surface area contributed by atoms with E-state index in [4.69, 9.17) is 18.9 Å². The summed E-state index contributed by atoms with van der Waals surface area (Å²) >= 11 is 0. The molecule has 4 rings (SSSR count). The number of cyclic esters (lactones) is 1. The third-order valence-corrected chi connectivity index (χ3v) is 5.67. The smallest absolute Gasteiger partial charge is 0.336 e. The Labute approximate surface area is 181 Å². The predicted octanol–water partition coefficient (Wildman–Crippen LogP) is 3.66. The fourth-order valence-electron chi connectivity index (χ4n) is 4.42. The Morgan fingerprint density at radius 1 is 0.903 bits per heavy atom. The molecule has 0 N–H and O–H groups in total. The highest BCUT2D eigenvalue weighted by Gasteiger charge is 2.43. The Bertz CT molecular complexity index is 1060. The van der Waals surface area contributed by atoms with Crippen LogP contribution in [0.3, 0.4) is 0 Å². The molecule has 0 aliphatic carbocycles. The zero-order valence-corrected chi connectivity index (χ0v) is 18.3. The number of nitrogens with zero attached hydrogens (tertiary/aromatic N) is 1. The molecule has 7 nitrogen and oxygen atoms in total. The van der Waals surface area contributed by atoms with Gasteiger partial charge in [-0.3, -0.25) is 9.69 Å². The van der Waals surface area contributed by atoms with Crippen LogP contribution in [0.5, 0.6) is 17.2 Å². The van der Waals surface area contributed by atoms with Crippen LogP contribution in [0.1, 0.15) is 29.0 Å². The van der Waals surface area contributed by atoms with Crippen molar-refractivity contribution in [1.82, 2.24) is 0 Å². The van der Waals surface area contributed by atoms with Gasteiger partial charge in [-0.25, -0.2) is 4.79 Å². The number of amides is 1. The molecule has 2 aliphatic heterocycles. The third kappa shape index (κ3) is 3.50. The molecule has 0 fully saturated rings. The van der Waals surface area contributed by atoms with Gasteiger partial charge in [0.2, 0.25) is 11.7 Å². The average Bonchev–Trinajstić information content (AvgIpc) is 3.12. The number of carbonyl (C=O) groups is 2. The van der Waals surface area contributed by atoms with E-state index < -0.39 is 11.9 Å². The number of aryl methyl sites for hydroxylation is 2. The van der Waals surface area contributed by atoms with Crippen molar-refractivity contribution in [2.45, 2.75) is 26.2 Å². The molecule has 1 atom stereocenters. The molecule has 0 spiro atoms. The molecule has 0 unspecified atom stereocenters. The number of hydrogen-bond donors (Lipinski definition) is 0. The van der Waals surface area contributed by atoms with E-state index in [0.717, 1.165) is 22.4 Å². The maximum absolute atomic E-state index is 13.3. The third-order valence-electron chi connectivity index (χ3n) is 5.67. The van der Waals surface area contributed by atoms with E-state index in [1.165, 1.54) is 21.3 Å². The van der Waals surface area contributed by atoms with Crippen molar-refractivity contribution >= 4 is 17.6 Å². The van der Waals surface area contributed by atoms with Gasteiger partial charge in [0, 0.05) is 18.0 Å². The average molecular weight is 423 g/mol. The van der Waals surface area contributed by atoms with Crippen LogP contribution in [-0.4, -0.2) is 39.8 Å². The summed E-state index contributed by atoms with van der Waals surface area (Å²) in [7, 11) is 4.59. The zero-order chi connectivity index (χ0) is 22.3. The number of methoxy groups -OCH3 is 3. The molecule has 0 saturated heterocycles. The van der Waals surface area contributed by atoms with Crippen LogP contribution < -0.4 is 19.1 Å². The van der Waals surface area contributed by atoms with Crippen molar-refractivity contribution in [3.05, 3.63) is 58.3 Å². The minimum atomic E-state index is -0.464. The first kappa shape index (κ1) is 20.8. The van der Waals surface area contributed by atoms with Gasteiger partial charge < -0.3 is 18.9 Å². The Morgan fingerprint density at radius 3 is 2.06 bits per heavy atom. The summed E-state index contributed by atoms with van der Waals surface area (Å²) in [4.78, 5) is 27.7. The normalized spacial score (nSPS) is 18.1. The van der Waals surface area contributed by atoms with Gasteiger partial charge in [0.05, 0.1) is 32.6 Å². The molecule has 31 heavy (non-hydrogen) atoms. The van der Waals surface area contributed by atoms with Crippen molar-refractivity contribution in [2.24, 2.45) is 0 Å². The second-order valence-corrected chi connectivity index (χ2v) is 7.73. The first-order valence-electron chi connectivity index (χ1n) is 9.99. The Hall–Kier alpha value is -3.48. The number of carbonyl (C=O) groups excluding carboxylic acids is 2. The van der Waals surface area contributed by atoms with E-state index in [2.05, 4.69) is 0 Å². The minimum Gasteiger partial charge on any atom is -0.493 e. The van der Waals surface area contributed by atoms with Crippen LogP contribution >= 0.6 is 0 Å². The van der Waals surface area contributed by atoms with E-state index in [1.54, 1.807) is 17.0 Å². The molecule has 0 saturated carbocycles. The lowest BCUT2D eigenvalue weighted by atomic mass is 9.83. The standard InChI is InChI=1S/C24H25NO6/c1-13-6-14(2)8-16(7-13)25-18-12-31-24(27)22(18)17(11-21(25)26)15-9-19(28-3)23(30-5)20(10-15)29-4/h6-10,17H,11-12H2,1-5H3/t17-/m1/s1. The van der Waals surface area contributed by atoms with Crippen molar-refractivity contribution in [3.8, 4) is 17.2 Å². The Morgan fingerprint density at radius 2 is 1.52 bits per heavy atom. The van der Waals surface area contributed by atoms with E-state index in [1.807, 2.05) is 32.0 Å². The monoisotopic (exact) mass is 423 g/mol. The predicted molar refractivity (Wildman–Crippen MR) is 115 cm³/mol. The van der Waals surface area contributed by atoms with Crippen molar-refractivity contribution in [1.29, 1.82) is 0 Å². The lowest BCUT2D eigenvalue weighted by molar-refractivity contribution is -0.136. The molecular formula is C24H25NO6. The Balaban J connectivity index is 1.86. The van der Waals surface area contributed by atoms with Crippen LogP contribution in [0.2, 0.25) is 0 Å². The van der Waals surface area contributed by atoms with Crippen LogP contribution in [-0.2, 0) is 14.3 Å². The molecule has 0 bridgehead atoms. The van der Waals surface area contributed by atoms with Gasteiger partial charge in [0.25, 0.3) is 0 Å². The number of esters is 1. The number of hydrogen-bond acceptors (Lipinski definition) is 6. The van der Waals surface area contributed by atoms with Gasteiger partial charge in [-0.1, -0.05) is 6.07 Å². The topological polar surface area (TPSA) is 74.3 Å². The summed E-state index contributed by atoms with van der Waals surface area (Å²) in [5.74, 6) is 0.421. The second-order valence-electron chi connectivity index (χ2n) is 7.73. The van der Waals surface area contributed by atoms with Crippen molar-refractivity contribution in [3.63, 3.8) is 0 Å². The lowest BCUT2D eigenvalue weighted by Crippen LogP contribution is -2.37. The molecule has 162 valence electrons. The maximum Gasteiger partial charge on any atom is 0.336 e. The quantitative estimate of drug-likeness (QED) is 0.684. The van der Waals surface area contributed by atoms with Crippen LogP contribution in [0.15, 0.2) is 41.6 Å². The highest BCUT2D eigenvalue weighted by atomic mass is 16.5. The van der Waals surface area contributed by atoms with E-state index in [9.17, 15) is 9.59 Å². The number of rotatable bonds is 5. The second kappa shape index (κ2) is 7.98. The van der Waals surface area contributed by atoms with Gasteiger partial charge in [-0.05, 0) is 54.8 Å². The number of ether oxygens (including phenoxy) is 4. The summed E-state index contributed by atoms with van der Waals surface area (Å²) < 4.78 is 21.7. The largest absolute Gasteiger partial charge is 0.493 e. The summed E-state index contributed by atoms with van der Waals surface area (Å²) in [6.07, 6.45) is 0.125. The summed E-state index contributed by atoms with van der Waals surface area (Å²) in [6.45, 7) is 4.03. The lowest BCUT2D eigenvalue weighted by Gasteiger charge is -2.32. The summed E-state index contributed by atoms with van der Waals surface area (Å²) in [5.41, 5.74) is 4.65.